The molecule has 3 N–H and O–H groups in total. The van der Waals surface area contributed by atoms with Gasteiger partial charge in [0.2, 0.25) is 0 Å². The van der Waals surface area contributed by atoms with E-state index in [-0.39, 0.29) is 11.5 Å². The first-order valence-corrected chi connectivity index (χ1v) is 7.46. The van der Waals surface area contributed by atoms with Crippen LogP contribution in [0.3, 0.4) is 0 Å². The molecule has 0 amide bonds. The molecule has 0 saturated carbocycles. The van der Waals surface area contributed by atoms with Crippen LogP contribution in [0.5, 0.6) is 0 Å². The fraction of sp³-hybridized carbons (Fsp3) is 0.368. The lowest BCUT2D eigenvalue weighted by atomic mass is 9.85. The summed E-state index contributed by atoms with van der Waals surface area (Å²) in [6, 6.07) is 15.3. The lowest BCUT2D eigenvalue weighted by molar-refractivity contribution is 0.587. The number of hydrazine groups is 1. The van der Waals surface area contributed by atoms with E-state index < -0.39 is 0 Å². The molecule has 0 saturated heterocycles. The van der Waals surface area contributed by atoms with Gasteiger partial charge < -0.3 is 0 Å². The van der Waals surface area contributed by atoms with Crippen molar-refractivity contribution in [1.82, 2.24) is 5.43 Å². The summed E-state index contributed by atoms with van der Waals surface area (Å²) >= 11 is 0. The zero-order valence-corrected chi connectivity index (χ0v) is 13.7. The highest BCUT2D eigenvalue weighted by Crippen LogP contribution is 2.28. The number of nitrogens with one attached hydrogen (secondary N) is 1. The van der Waals surface area contributed by atoms with Crippen LogP contribution < -0.4 is 11.3 Å². The second-order valence-corrected chi connectivity index (χ2v) is 6.83. The molecule has 1 atom stereocenters. The largest absolute Gasteiger partial charge is 0.271 e. The normalized spacial score (nSPS) is 13.2. The van der Waals surface area contributed by atoms with Gasteiger partial charge in [0.25, 0.3) is 0 Å². The summed E-state index contributed by atoms with van der Waals surface area (Å²) in [5.74, 6) is 5.83. The molecule has 0 radical (unpaired) electrons. The average Bonchev–Trinajstić information content (AvgIpc) is 2.43. The third-order valence-electron chi connectivity index (χ3n) is 4.02. The third kappa shape index (κ3) is 3.52. The molecule has 1 unspecified atom stereocenters. The molecule has 2 aromatic rings. The second-order valence-electron chi connectivity index (χ2n) is 6.83. The number of rotatable bonds is 3. The first-order chi connectivity index (χ1) is 9.82. The van der Waals surface area contributed by atoms with E-state index in [9.17, 15) is 0 Å². The molecule has 21 heavy (non-hydrogen) atoms. The molecule has 2 heteroatoms. The van der Waals surface area contributed by atoms with Crippen molar-refractivity contribution in [3.8, 4) is 0 Å². The third-order valence-corrected chi connectivity index (χ3v) is 4.02. The van der Waals surface area contributed by atoms with Crippen molar-refractivity contribution in [3.05, 3.63) is 70.3 Å². The van der Waals surface area contributed by atoms with Crippen molar-refractivity contribution in [1.29, 1.82) is 0 Å². The van der Waals surface area contributed by atoms with Crippen molar-refractivity contribution in [2.24, 2.45) is 5.84 Å². The molecule has 0 fully saturated rings. The molecule has 112 valence electrons. The maximum Gasteiger partial charge on any atom is 0.0712 e. The van der Waals surface area contributed by atoms with E-state index in [1.165, 1.54) is 27.8 Å². The summed E-state index contributed by atoms with van der Waals surface area (Å²) < 4.78 is 0. The molecule has 0 aromatic heterocycles. The van der Waals surface area contributed by atoms with Crippen LogP contribution in [-0.4, -0.2) is 0 Å². The molecule has 2 rings (SSSR count). The predicted molar refractivity (Wildman–Crippen MR) is 90.2 cm³/mol. The molecular formula is C19H26N2. The van der Waals surface area contributed by atoms with Gasteiger partial charge in [-0.3, -0.25) is 5.84 Å². The Labute approximate surface area is 128 Å². The Morgan fingerprint density at radius 3 is 2.10 bits per heavy atom. The minimum atomic E-state index is 0.0268. The number of benzene rings is 2. The average molecular weight is 282 g/mol. The Morgan fingerprint density at radius 1 is 0.952 bits per heavy atom. The van der Waals surface area contributed by atoms with Crippen molar-refractivity contribution in [2.45, 2.75) is 46.1 Å². The lowest BCUT2D eigenvalue weighted by Crippen LogP contribution is -2.29. The summed E-state index contributed by atoms with van der Waals surface area (Å²) in [6.07, 6.45) is 0. The van der Waals surface area contributed by atoms with Crippen LogP contribution in [0.15, 0.2) is 42.5 Å². The van der Waals surface area contributed by atoms with Crippen LogP contribution in [0, 0.1) is 13.8 Å². The highest BCUT2D eigenvalue weighted by Gasteiger charge is 2.17. The van der Waals surface area contributed by atoms with Crippen molar-refractivity contribution in [3.63, 3.8) is 0 Å². The van der Waals surface area contributed by atoms with Crippen LogP contribution in [0.4, 0.5) is 0 Å². The number of hydrogen-bond acceptors (Lipinski definition) is 2. The zero-order chi connectivity index (χ0) is 15.6. The molecule has 2 aromatic carbocycles. The smallest absolute Gasteiger partial charge is 0.0712 e. The summed E-state index contributed by atoms with van der Waals surface area (Å²) in [5.41, 5.74) is 9.40. The zero-order valence-electron chi connectivity index (χ0n) is 13.7. The van der Waals surface area contributed by atoms with Crippen LogP contribution >= 0.6 is 0 Å². The van der Waals surface area contributed by atoms with Gasteiger partial charge >= 0.3 is 0 Å². The van der Waals surface area contributed by atoms with E-state index in [2.05, 4.69) is 82.5 Å². The minimum Gasteiger partial charge on any atom is -0.271 e. The standard InChI is InChI=1S/C19H26N2/c1-13-6-7-14(2)17(12-13)18(21-20)15-8-10-16(11-9-15)19(3,4)5/h6-12,18,21H,20H2,1-5H3. The van der Waals surface area contributed by atoms with Crippen LogP contribution in [-0.2, 0) is 5.41 Å². The minimum absolute atomic E-state index is 0.0268. The van der Waals surface area contributed by atoms with E-state index in [1.54, 1.807) is 0 Å². The number of aryl methyl sites for hydroxylation is 2. The monoisotopic (exact) mass is 282 g/mol. The summed E-state index contributed by atoms with van der Waals surface area (Å²) in [7, 11) is 0. The second kappa shape index (κ2) is 6.00. The van der Waals surface area contributed by atoms with Gasteiger partial charge in [0.15, 0.2) is 0 Å². The maximum absolute atomic E-state index is 5.83. The Hall–Kier alpha value is -1.64. The first-order valence-electron chi connectivity index (χ1n) is 7.46. The molecule has 0 spiro atoms. The molecule has 0 heterocycles. The van der Waals surface area contributed by atoms with Gasteiger partial charge in [-0.2, -0.15) is 0 Å². The molecule has 0 aliphatic heterocycles. The van der Waals surface area contributed by atoms with Gasteiger partial charge in [-0.15, -0.1) is 0 Å². The van der Waals surface area contributed by atoms with Crippen molar-refractivity contribution >= 4 is 0 Å². The van der Waals surface area contributed by atoms with Crippen LogP contribution in [0.25, 0.3) is 0 Å². The predicted octanol–water partition coefficient (Wildman–Crippen LogP) is 4.15. The topological polar surface area (TPSA) is 38.0 Å². The van der Waals surface area contributed by atoms with E-state index in [0.29, 0.717) is 0 Å². The Balaban J connectivity index is 2.40. The van der Waals surface area contributed by atoms with E-state index >= 15 is 0 Å². The lowest BCUT2D eigenvalue weighted by Gasteiger charge is -2.23. The fourth-order valence-corrected chi connectivity index (χ4v) is 2.61. The van der Waals surface area contributed by atoms with Gasteiger partial charge in [0, 0.05) is 0 Å². The fourth-order valence-electron chi connectivity index (χ4n) is 2.61. The Kier molecular flexibility index (Phi) is 4.50. The molecule has 0 aliphatic rings. The molecule has 2 nitrogen and oxygen atoms in total. The molecule has 0 bridgehead atoms. The van der Waals surface area contributed by atoms with Crippen molar-refractivity contribution in [2.75, 3.05) is 0 Å². The van der Waals surface area contributed by atoms with Gasteiger partial charge in [-0.1, -0.05) is 68.8 Å². The van der Waals surface area contributed by atoms with Crippen LogP contribution in [0.2, 0.25) is 0 Å². The van der Waals surface area contributed by atoms with Crippen molar-refractivity contribution < 1.29 is 0 Å². The summed E-state index contributed by atoms with van der Waals surface area (Å²) in [5, 5.41) is 0. The quantitative estimate of drug-likeness (QED) is 0.655. The molecule has 0 aliphatic carbocycles. The van der Waals surface area contributed by atoms with Crippen LogP contribution in [0.1, 0.15) is 54.6 Å². The van der Waals surface area contributed by atoms with Gasteiger partial charge in [0.05, 0.1) is 6.04 Å². The SMILES string of the molecule is Cc1ccc(C)c(C(NN)c2ccc(C(C)(C)C)cc2)c1. The van der Waals surface area contributed by atoms with E-state index in [0.717, 1.165) is 0 Å². The number of nitrogens with two attached hydrogens (primary N) is 1. The van der Waals surface area contributed by atoms with Gasteiger partial charge in [0.1, 0.15) is 0 Å². The Morgan fingerprint density at radius 2 is 1.57 bits per heavy atom. The van der Waals surface area contributed by atoms with Gasteiger partial charge in [-0.25, -0.2) is 5.43 Å². The highest BCUT2D eigenvalue weighted by atomic mass is 15.2. The summed E-state index contributed by atoms with van der Waals surface area (Å²) in [6.45, 7) is 10.9. The summed E-state index contributed by atoms with van der Waals surface area (Å²) in [4.78, 5) is 0. The van der Waals surface area contributed by atoms with Gasteiger partial charge in [-0.05, 0) is 41.5 Å². The number of hydrogen-bond donors (Lipinski definition) is 2. The Bertz CT molecular complexity index is 606. The first kappa shape index (κ1) is 15.7. The van der Waals surface area contributed by atoms with E-state index in [1.807, 2.05) is 0 Å². The molecular weight excluding hydrogens is 256 g/mol. The van der Waals surface area contributed by atoms with E-state index in [4.69, 9.17) is 5.84 Å². The highest BCUT2D eigenvalue weighted by molar-refractivity contribution is 5.40. The maximum atomic E-state index is 5.83.